The second-order valence-electron chi connectivity index (χ2n) is 8.35. The minimum atomic E-state index is -0.552. The molecule has 3 heterocycles. The monoisotopic (exact) mass is 357 g/mol. The highest BCUT2D eigenvalue weighted by Gasteiger charge is 2.48. The molecular formula is C21H31N3O2. The Balaban J connectivity index is 1.58. The Labute approximate surface area is 156 Å². The van der Waals surface area contributed by atoms with Crippen LogP contribution in [0.15, 0.2) is 18.3 Å². The maximum absolute atomic E-state index is 13.1. The molecule has 26 heavy (non-hydrogen) atoms. The average molecular weight is 357 g/mol. The summed E-state index contributed by atoms with van der Waals surface area (Å²) in [5.74, 6) is 1.74. The van der Waals surface area contributed by atoms with E-state index >= 15 is 0 Å². The van der Waals surface area contributed by atoms with Gasteiger partial charge < -0.3 is 14.9 Å². The zero-order valence-electron chi connectivity index (χ0n) is 15.9. The molecule has 5 nitrogen and oxygen atoms in total. The lowest BCUT2D eigenvalue weighted by atomic mass is 9.69. The fraction of sp³-hybridized carbons (Fsp3) is 0.714. The molecule has 0 unspecified atom stereocenters. The Bertz CT molecular complexity index is 658. The van der Waals surface area contributed by atoms with Crippen molar-refractivity contribution in [3.05, 3.63) is 23.9 Å². The van der Waals surface area contributed by atoms with Crippen LogP contribution in [0.5, 0.6) is 0 Å². The van der Waals surface area contributed by atoms with E-state index in [0.717, 1.165) is 69.7 Å². The lowest BCUT2D eigenvalue weighted by molar-refractivity contribution is -0.0597. The van der Waals surface area contributed by atoms with Crippen LogP contribution in [0.1, 0.15) is 62.2 Å². The van der Waals surface area contributed by atoms with Crippen molar-refractivity contribution < 1.29 is 9.90 Å². The van der Waals surface area contributed by atoms with Gasteiger partial charge in [-0.2, -0.15) is 0 Å². The normalized spacial score (nSPS) is 31.8. The molecule has 2 saturated heterocycles. The molecule has 3 fully saturated rings. The summed E-state index contributed by atoms with van der Waals surface area (Å²) in [6.45, 7) is 5.52. The van der Waals surface area contributed by atoms with Gasteiger partial charge in [0, 0.05) is 38.3 Å². The molecular weight excluding hydrogens is 326 g/mol. The zero-order chi connectivity index (χ0) is 18.1. The number of aliphatic hydroxyl groups is 1. The standard InChI is InChI=1S/C21H31N3O2/c1-2-21(26)10-6-8-16-14-24(15-18(16)21)19-17(9-7-11-22-19)20(25)23-12-4-3-5-13-23/h7,9,11,16,18,26H,2-6,8,10,12-15H2,1H3/t16-,18+,21-/m0/s1. The molecule has 3 aliphatic rings. The molecule has 3 atom stereocenters. The predicted molar refractivity (Wildman–Crippen MR) is 102 cm³/mol. The van der Waals surface area contributed by atoms with Crippen LogP contribution in [-0.4, -0.2) is 52.7 Å². The van der Waals surface area contributed by atoms with E-state index in [9.17, 15) is 9.90 Å². The zero-order valence-corrected chi connectivity index (χ0v) is 15.9. The molecule has 1 aromatic heterocycles. The molecule has 0 aromatic carbocycles. The Hall–Kier alpha value is -1.62. The maximum Gasteiger partial charge on any atom is 0.257 e. The van der Waals surface area contributed by atoms with Crippen LogP contribution in [0.2, 0.25) is 0 Å². The molecule has 1 N–H and O–H groups in total. The fourth-order valence-corrected chi connectivity index (χ4v) is 5.32. The summed E-state index contributed by atoms with van der Waals surface area (Å²) in [6, 6.07) is 3.79. The van der Waals surface area contributed by atoms with Gasteiger partial charge in [0.1, 0.15) is 5.82 Å². The van der Waals surface area contributed by atoms with Gasteiger partial charge in [-0.25, -0.2) is 4.98 Å². The number of carbonyl (C=O) groups is 1. The van der Waals surface area contributed by atoms with Gasteiger partial charge in [0.05, 0.1) is 11.2 Å². The largest absolute Gasteiger partial charge is 0.390 e. The number of likely N-dealkylation sites (tertiary alicyclic amines) is 1. The molecule has 1 amide bonds. The molecule has 4 rings (SSSR count). The van der Waals surface area contributed by atoms with Crippen molar-refractivity contribution in [2.75, 3.05) is 31.1 Å². The van der Waals surface area contributed by atoms with Gasteiger partial charge in [-0.3, -0.25) is 4.79 Å². The highest BCUT2D eigenvalue weighted by Crippen LogP contribution is 2.45. The summed E-state index contributed by atoms with van der Waals surface area (Å²) >= 11 is 0. The molecule has 5 heteroatoms. The molecule has 1 saturated carbocycles. The van der Waals surface area contributed by atoms with Crippen LogP contribution in [0, 0.1) is 11.8 Å². The van der Waals surface area contributed by atoms with Crippen LogP contribution in [-0.2, 0) is 0 Å². The number of rotatable bonds is 3. The molecule has 0 radical (unpaired) electrons. The number of piperidine rings is 1. The first-order valence-corrected chi connectivity index (χ1v) is 10.3. The first kappa shape index (κ1) is 17.8. The lowest BCUT2D eigenvalue weighted by Crippen LogP contribution is -2.44. The fourth-order valence-electron chi connectivity index (χ4n) is 5.32. The molecule has 142 valence electrons. The number of aromatic nitrogens is 1. The molecule has 0 bridgehead atoms. The number of anilines is 1. The van der Waals surface area contributed by atoms with Gasteiger partial charge in [0.25, 0.3) is 5.91 Å². The van der Waals surface area contributed by atoms with Gasteiger partial charge in [0.2, 0.25) is 0 Å². The van der Waals surface area contributed by atoms with E-state index in [1.165, 1.54) is 12.8 Å². The smallest absolute Gasteiger partial charge is 0.257 e. The van der Waals surface area contributed by atoms with E-state index in [2.05, 4.69) is 16.8 Å². The Morgan fingerprint density at radius 3 is 2.85 bits per heavy atom. The van der Waals surface area contributed by atoms with E-state index in [-0.39, 0.29) is 5.91 Å². The van der Waals surface area contributed by atoms with Gasteiger partial charge in [-0.05, 0) is 56.6 Å². The second-order valence-corrected chi connectivity index (χ2v) is 8.35. The SMILES string of the molecule is CC[C@]1(O)CCC[C@H]2CN(c3ncccc3C(=O)N3CCCCC3)C[C@H]21. The third kappa shape index (κ3) is 3.11. The number of carbonyl (C=O) groups excluding carboxylic acids is 1. The number of pyridine rings is 1. The van der Waals surface area contributed by atoms with E-state index in [0.29, 0.717) is 11.8 Å². The van der Waals surface area contributed by atoms with Gasteiger partial charge >= 0.3 is 0 Å². The van der Waals surface area contributed by atoms with Gasteiger partial charge in [-0.15, -0.1) is 0 Å². The number of hydrogen-bond donors (Lipinski definition) is 1. The third-order valence-electron chi connectivity index (χ3n) is 6.89. The number of nitrogens with zero attached hydrogens (tertiary/aromatic N) is 3. The lowest BCUT2D eigenvalue weighted by Gasteiger charge is -2.40. The first-order valence-electron chi connectivity index (χ1n) is 10.3. The topological polar surface area (TPSA) is 56.7 Å². The summed E-state index contributed by atoms with van der Waals surface area (Å²) in [7, 11) is 0. The number of fused-ring (bicyclic) bond motifs is 1. The summed E-state index contributed by atoms with van der Waals surface area (Å²) in [4.78, 5) is 21.9. The number of amides is 1. The van der Waals surface area contributed by atoms with Crippen molar-refractivity contribution in [2.45, 2.75) is 57.5 Å². The summed E-state index contributed by atoms with van der Waals surface area (Å²) in [6.07, 6.45) is 9.18. The summed E-state index contributed by atoms with van der Waals surface area (Å²) in [5, 5.41) is 11.1. The predicted octanol–water partition coefficient (Wildman–Crippen LogP) is 3.09. The van der Waals surface area contributed by atoms with Gasteiger partial charge in [0.15, 0.2) is 0 Å². The molecule has 1 aliphatic carbocycles. The van der Waals surface area contributed by atoms with Crippen LogP contribution in [0.25, 0.3) is 0 Å². The maximum atomic E-state index is 13.1. The first-order chi connectivity index (χ1) is 12.6. The van der Waals surface area contributed by atoms with E-state index in [1.807, 2.05) is 17.0 Å². The third-order valence-corrected chi connectivity index (χ3v) is 6.89. The average Bonchev–Trinajstić information content (AvgIpc) is 3.14. The highest BCUT2D eigenvalue weighted by atomic mass is 16.3. The van der Waals surface area contributed by atoms with Crippen molar-refractivity contribution >= 4 is 11.7 Å². The van der Waals surface area contributed by atoms with Crippen molar-refractivity contribution in [1.29, 1.82) is 0 Å². The molecule has 2 aliphatic heterocycles. The van der Waals surface area contributed by atoms with Crippen molar-refractivity contribution in [2.24, 2.45) is 11.8 Å². The minimum absolute atomic E-state index is 0.119. The summed E-state index contributed by atoms with van der Waals surface area (Å²) < 4.78 is 0. The van der Waals surface area contributed by atoms with Crippen molar-refractivity contribution in [1.82, 2.24) is 9.88 Å². The van der Waals surface area contributed by atoms with Crippen molar-refractivity contribution in [3.63, 3.8) is 0 Å². The Morgan fingerprint density at radius 2 is 2.08 bits per heavy atom. The quantitative estimate of drug-likeness (QED) is 0.903. The van der Waals surface area contributed by atoms with E-state index in [4.69, 9.17) is 0 Å². The Morgan fingerprint density at radius 1 is 1.27 bits per heavy atom. The van der Waals surface area contributed by atoms with Crippen LogP contribution in [0.3, 0.4) is 0 Å². The molecule has 1 aromatic rings. The van der Waals surface area contributed by atoms with E-state index < -0.39 is 5.60 Å². The van der Waals surface area contributed by atoms with E-state index in [1.54, 1.807) is 6.20 Å². The second kappa shape index (κ2) is 7.18. The molecule has 0 spiro atoms. The van der Waals surface area contributed by atoms with Crippen LogP contribution < -0.4 is 4.90 Å². The van der Waals surface area contributed by atoms with Crippen LogP contribution >= 0.6 is 0 Å². The minimum Gasteiger partial charge on any atom is -0.390 e. The number of hydrogen-bond acceptors (Lipinski definition) is 4. The summed E-state index contributed by atoms with van der Waals surface area (Å²) in [5.41, 5.74) is 0.178. The van der Waals surface area contributed by atoms with Gasteiger partial charge in [-0.1, -0.05) is 13.3 Å². The van der Waals surface area contributed by atoms with Crippen LogP contribution in [0.4, 0.5) is 5.82 Å². The highest BCUT2D eigenvalue weighted by molar-refractivity contribution is 5.99. The van der Waals surface area contributed by atoms with Crippen molar-refractivity contribution in [3.8, 4) is 0 Å². The Kier molecular flexibility index (Phi) is 4.91.